The van der Waals surface area contributed by atoms with Crippen LogP contribution >= 0.6 is 0 Å². The van der Waals surface area contributed by atoms with Crippen molar-refractivity contribution in [1.29, 1.82) is 5.41 Å². The van der Waals surface area contributed by atoms with E-state index in [1.54, 1.807) is 29.0 Å². The molecular formula is C20H23N5O4. The first kappa shape index (κ1) is 19.3. The van der Waals surface area contributed by atoms with E-state index >= 15 is 0 Å². The molecule has 0 saturated carbocycles. The van der Waals surface area contributed by atoms with Gasteiger partial charge in [0.1, 0.15) is 22.3 Å². The third kappa shape index (κ3) is 3.66. The molecule has 0 aromatic carbocycles. The number of nitrogens with one attached hydrogen (secondary N) is 1. The van der Waals surface area contributed by atoms with Crippen molar-refractivity contribution in [2.45, 2.75) is 13.0 Å². The molecule has 9 heteroatoms. The molecule has 9 nitrogen and oxygen atoms in total. The van der Waals surface area contributed by atoms with Crippen LogP contribution in [0.25, 0.3) is 16.7 Å². The molecule has 1 saturated heterocycles. The topological polar surface area (TPSA) is 102 Å². The number of carbonyl (C=O) groups is 1. The van der Waals surface area contributed by atoms with Gasteiger partial charge in [-0.15, -0.1) is 0 Å². The summed E-state index contributed by atoms with van der Waals surface area (Å²) in [5.41, 5.74) is 0.676. The number of ether oxygens (including phenoxy) is 2. The molecule has 29 heavy (non-hydrogen) atoms. The fourth-order valence-electron chi connectivity index (χ4n) is 3.65. The van der Waals surface area contributed by atoms with Crippen LogP contribution in [0.4, 0.5) is 0 Å². The van der Waals surface area contributed by atoms with Crippen LogP contribution < -0.4 is 11.0 Å². The van der Waals surface area contributed by atoms with Crippen molar-refractivity contribution in [3.05, 3.63) is 51.9 Å². The van der Waals surface area contributed by atoms with Gasteiger partial charge in [0.2, 0.25) is 0 Å². The number of carbonyl (C=O) groups excluding carboxylic acids is 1. The largest absolute Gasteiger partial charge is 0.465 e. The highest BCUT2D eigenvalue weighted by atomic mass is 16.5. The molecule has 4 rings (SSSR count). The van der Waals surface area contributed by atoms with Crippen LogP contribution in [0, 0.1) is 5.41 Å². The number of hydrogen-bond acceptors (Lipinski definition) is 7. The van der Waals surface area contributed by atoms with Crippen molar-refractivity contribution in [3.8, 4) is 0 Å². The van der Waals surface area contributed by atoms with Crippen LogP contribution in [0.15, 0.2) is 35.3 Å². The van der Waals surface area contributed by atoms with Gasteiger partial charge in [-0.1, -0.05) is 6.07 Å². The molecule has 0 amide bonds. The van der Waals surface area contributed by atoms with Crippen LogP contribution in [0.2, 0.25) is 0 Å². The molecule has 0 atom stereocenters. The van der Waals surface area contributed by atoms with Gasteiger partial charge in [-0.3, -0.25) is 19.5 Å². The molecule has 1 aliphatic heterocycles. The van der Waals surface area contributed by atoms with Crippen molar-refractivity contribution in [1.82, 2.24) is 18.9 Å². The van der Waals surface area contributed by atoms with E-state index in [1.165, 1.54) is 17.6 Å². The standard InChI is InChI=1S/C20H23N5O4/c1-28-20(27)14-13-15-18(22-16-5-2-3-7-24(16)19(15)26)25(17(14)21)8-4-6-23-9-11-29-12-10-23/h2-3,5,7,13,21H,4,6,8-12H2,1H3. The Hall–Kier alpha value is -3.04. The SMILES string of the molecule is COC(=O)c1cc2c(=O)n3ccccc3nc2n(CCCN2CCOCC2)c1=N. The van der Waals surface area contributed by atoms with Gasteiger partial charge in [-0.05, 0) is 24.6 Å². The lowest BCUT2D eigenvalue weighted by Crippen LogP contribution is -2.37. The van der Waals surface area contributed by atoms with Crippen LogP contribution in [-0.4, -0.2) is 64.8 Å². The number of aromatic nitrogens is 3. The number of esters is 1. The van der Waals surface area contributed by atoms with Gasteiger partial charge in [0.05, 0.1) is 25.7 Å². The summed E-state index contributed by atoms with van der Waals surface area (Å²) in [6, 6.07) is 6.71. The van der Waals surface area contributed by atoms with Crippen LogP contribution in [-0.2, 0) is 16.0 Å². The maximum absolute atomic E-state index is 13.0. The molecule has 1 aliphatic rings. The minimum atomic E-state index is -0.642. The Balaban J connectivity index is 1.81. The summed E-state index contributed by atoms with van der Waals surface area (Å²) in [7, 11) is 1.26. The first-order chi connectivity index (χ1) is 14.1. The van der Waals surface area contributed by atoms with E-state index in [2.05, 4.69) is 9.88 Å². The maximum Gasteiger partial charge on any atom is 0.341 e. The number of morpholine rings is 1. The lowest BCUT2D eigenvalue weighted by Gasteiger charge is -2.26. The second-order valence-corrected chi connectivity index (χ2v) is 6.94. The van der Waals surface area contributed by atoms with E-state index in [0.717, 1.165) is 39.3 Å². The van der Waals surface area contributed by atoms with Crippen molar-refractivity contribution < 1.29 is 14.3 Å². The van der Waals surface area contributed by atoms with Gasteiger partial charge in [0.25, 0.3) is 5.56 Å². The van der Waals surface area contributed by atoms with E-state index in [4.69, 9.17) is 14.9 Å². The fraction of sp³-hybridized carbons (Fsp3) is 0.400. The lowest BCUT2D eigenvalue weighted by molar-refractivity contribution is 0.0369. The van der Waals surface area contributed by atoms with Gasteiger partial charge in [0, 0.05) is 32.4 Å². The second kappa shape index (κ2) is 8.14. The quantitative estimate of drug-likeness (QED) is 0.501. The van der Waals surface area contributed by atoms with Gasteiger partial charge >= 0.3 is 5.97 Å². The summed E-state index contributed by atoms with van der Waals surface area (Å²) in [5.74, 6) is -0.642. The molecule has 3 aromatic heterocycles. The fourth-order valence-corrected chi connectivity index (χ4v) is 3.65. The zero-order chi connectivity index (χ0) is 20.4. The summed E-state index contributed by atoms with van der Waals surface area (Å²) >= 11 is 0. The Kier molecular flexibility index (Phi) is 5.41. The normalized spacial score (nSPS) is 15.1. The summed E-state index contributed by atoms with van der Waals surface area (Å²) in [6.45, 7) is 4.51. The molecular weight excluding hydrogens is 374 g/mol. The molecule has 0 spiro atoms. The minimum absolute atomic E-state index is 0.00138. The van der Waals surface area contributed by atoms with Crippen molar-refractivity contribution in [2.24, 2.45) is 0 Å². The molecule has 3 aromatic rings. The highest BCUT2D eigenvalue weighted by Crippen LogP contribution is 2.12. The van der Waals surface area contributed by atoms with E-state index in [1.807, 2.05) is 0 Å². The average molecular weight is 397 g/mol. The molecule has 0 aliphatic carbocycles. The first-order valence-corrected chi connectivity index (χ1v) is 9.58. The molecule has 0 unspecified atom stereocenters. The lowest BCUT2D eigenvalue weighted by atomic mass is 10.2. The number of rotatable bonds is 5. The summed E-state index contributed by atoms with van der Waals surface area (Å²) in [5, 5.41) is 8.83. The molecule has 0 radical (unpaired) electrons. The monoisotopic (exact) mass is 397 g/mol. The van der Waals surface area contributed by atoms with Gasteiger partial charge in [0.15, 0.2) is 0 Å². The highest BCUT2D eigenvalue weighted by Gasteiger charge is 2.18. The third-order valence-electron chi connectivity index (χ3n) is 5.18. The average Bonchev–Trinajstić information content (AvgIpc) is 2.75. The first-order valence-electron chi connectivity index (χ1n) is 9.58. The number of aryl methyl sites for hydroxylation is 1. The van der Waals surface area contributed by atoms with Crippen LogP contribution in [0.5, 0.6) is 0 Å². The maximum atomic E-state index is 13.0. The molecule has 1 N–H and O–H groups in total. The van der Waals surface area contributed by atoms with Gasteiger partial charge in [-0.25, -0.2) is 9.78 Å². The van der Waals surface area contributed by atoms with Gasteiger partial charge < -0.3 is 14.0 Å². The summed E-state index contributed by atoms with van der Waals surface area (Å²) < 4.78 is 13.3. The number of nitrogens with zero attached hydrogens (tertiary/aromatic N) is 4. The summed E-state index contributed by atoms with van der Waals surface area (Å²) in [6.07, 6.45) is 2.39. The van der Waals surface area contributed by atoms with E-state index in [9.17, 15) is 9.59 Å². The smallest absolute Gasteiger partial charge is 0.341 e. The second-order valence-electron chi connectivity index (χ2n) is 6.94. The van der Waals surface area contributed by atoms with Crippen molar-refractivity contribution in [3.63, 3.8) is 0 Å². The molecule has 152 valence electrons. The Morgan fingerprint density at radius 1 is 1.28 bits per heavy atom. The molecule has 1 fully saturated rings. The summed E-state index contributed by atoms with van der Waals surface area (Å²) in [4.78, 5) is 32.1. The van der Waals surface area contributed by atoms with E-state index < -0.39 is 5.97 Å². The van der Waals surface area contributed by atoms with Crippen molar-refractivity contribution in [2.75, 3.05) is 40.0 Å². The van der Waals surface area contributed by atoms with Crippen LogP contribution in [0.3, 0.4) is 0 Å². The highest BCUT2D eigenvalue weighted by molar-refractivity contribution is 5.93. The number of hydrogen-bond donors (Lipinski definition) is 1. The Morgan fingerprint density at radius 3 is 2.83 bits per heavy atom. The predicted molar refractivity (Wildman–Crippen MR) is 106 cm³/mol. The zero-order valence-corrected chi connectivity index (χ0v) is 16.3. The molecule has 0 bridgehead atoms. The number of fused-ring (bicyclic) bond motifs is 2. The van der Waals surface area contributed by atoms with E-state index in [-0.39, 0.29) is 22.0 Å². The minimum Gasteiger partial charge on any atom is -0.465 e. The number of methoxy groups -OCH3 is 1. The zero-order valence-electron chi connectivity index (χ0n) is 16.3. The van der Waals surface area contributed by atoms with Crippen LogP contribution in [0.1, 0.15) is 16.8 Å². The third-order valence-corrected chi connectivity index (χ3v) is 5.18. The van der Waals surface area contributed by atoms with E-state index in [0.29, 0.717) is 17.8 Å². The Bertz CT molecular complexity index is 1180. The predicted octanol–water partition coefficient (Wildman–Crippen LogP) is 0.638. The van der Waals surface area contributed by atoms with Crippen molar-refractivity contribution >= 4 is 22.6 Å². The Labute approximate surface area is 166 Å². The Morgan fingerprint density at radius 2 is 2.07 bits per heavy atom. The van der Waals surface area contributed by atoms with Gasteiger partial charge in [-0.2, -0.15) is 0 Å². The molecule has 4 heterocycles. The number of pyridine rings is 2.